The van der Waals surface area contributed by atoms with Crippen LogP contribution in [0.2, 0.25) is 5.02 Å². The highest BCUT2D eigenvalue weighted by atomic mass is 35.5. The maximum atomic E-state index is 12.5. The predicted molar refractivity (Wildman–Crippen MR) is 131 cm³/mol. The van der Waals surface area contributed by atoms with Gasteiger partial charge in [0.05, 0.1) is 22.3 Å². The first-order valence-electron chi connectivity index (χ1n) is 11.4. The first kappa shape index (κ1) is 24.4. The lowest BCUT2D eigenvalue weighted by Crippen LogP contribution is -2.38. The van der Waals surface area contributed by atoms with E-state index >= 15 is 0 Å². The predicted octanol–water partition coefficient (Wildman–Crippen LogP) is 3.93. The molecule has 4 rings (SSSR count). The molecule has 2 aromatic rings. The van der Waals surface area contributed by atoms with Crippen LogP contribution in [-0.2, 0) is 16.0 Å². The van der Waals surface area contributed by atoms with Crippen molar-refractivity contribution in [1.29, 1.82) is 0 Å². The second-order valence-corrected chi connectivity index (χ2v) is 10.2. The second-order valence-electron chi connectivity index (χ2n) is 8.54. The summed E-state index contributed by atoms with van der Waals surface area (Å²) in [6.45, 7) is 0.659. The highest BCUT2D eigenvalue weighted by molar-refractivity contribution is 8.01. The summed E-state index contributed by atoms with van der Waals surface area (Å²) < 4.78 is 5.94. The molecule has 1 aliphatic carbocycles. The van der Waals surface area contributed by atoms with E-state index in [1.165, 1.54) is 11.8 Å². The van der Waals surface area contributed by atoms with Gasteiger partial charge < -0.3 is 20.5 Å². The van der Waals surface area contributed by atoms with Gasteiger partial charge in [0.15, 0.2) is 0 Å². The van der Waals surface area contributed by atoms with E-state index in [0.29, 0.717) is 61.5 Å². The molecule has 2 aliphatic rings. The molecule has 2 amide bonds. The van der Waals surface area contributed by atoms with Crippen LogP contribution in [0.4, 0.5) is 0 Å². The molecule has 3 N–H and O–H groups in total. The van der Waals surface area contributed by atoms with Crippen LogP contribution in [-0.4, -0.2) is 47.3 Å². The van der Waals surface area contributed by atoms with Gasteiger partial charge in [-0.3, -0.25) is 14.4 Å². The summed E-state index contributed by atoms with van der Waals surface area (Å²) in [5.41, 5.74) is 1.59. The molecule has 2 aromatic carbocycles. The second kappa shape index (κ2) is 11.1. The number of hydrogen-bond donors (Lipinski definition) is 3. The summed E-state index contributed by atoms with van der Waals surface area (Å²) >= 11 is 7.68. The Morgan fingerprint density at radius 2 is 1.71 bits per heavy atom. The van der Waals surface area contributed by atoms with E-state index in [2.05, 4.69) is 10.6 Å². The number of carboxylic acids is 1. The van der Waals surface area contributed by atoms with Crippen LogP contribution < -0.4 is 15.4 Å². The molecule has 0 aromatic heterocycles. The lowest BCUT2D eigenvalue weighted by Gasteiger charge is -2.26. The molecule has 7 nitrogen and oxygen atoms in total. The van der Waals surface area contributed by atoms with Crippen molar-refractivity contribution in [1.82, 2.24) is 10.6 Å². The number of amides is 2. The third kappa shape index (κ3) is 6.04. The zero-order valence-corrected chi connectivity index (χ0v) is 20.2. The van der Waals surface area contributed by atoms with E-state index in [1.807, 2.05) is 18.2 Å². The minimum atomic E-state index is -0.735. The fourth-order valence-corrected chi connectivity index (χ4v) is 5.81. The van der Waals surface area contributed by atoms with E-state index in [0.717, 1.165) is 10.5 Å². The molecule has 1 saturated carbocycles. The fraction of sp³-hybridized carbons (Fsp3) is 0.400. The van der Waals surface area contributed by atoms with Crippen molar-refractivity contribution in [3.63, 3.8) is 0 Å². The van der Waals surface area contributed by atoms with Gasteiger partial charge in [0, 0.05) is 23.5 Å². The van der Waals surface area contributed by atoms with Gasteiger partial charge in [0.2, 0.25) is 5.91 Å². The van der Waals surface area contributed by atoms with E-state index in [4.69, 9.17) is 21.4 Å². The highest BCUT2D eigenvalue weighted by Crippen LogP contribution is 2.41. The molecule has 1 aliphatic heterocycles. The fourth-order valence-electron chi connectivity index (χ4n) is 4.26. The van der Waals surface area contributed by atoms with Gasteiger partial charge in [-0.15, -0.1) is 11.8 Å². The average Bonchev–Trinajstić information content (AvgIpc) is 3.28. The lowest BCUT2D eigenvalue weighted by atomic mass is 9.87. The topological polar surface area (TPSA) is 105 Å². The van der Waals surface area contributed by atoms with Gasteiger partial charge in [0.1, 0.15) is 5.75 Å². The van der Waals surface area contributed by atoms with E-state index < -0.39 is 5.97 Å². The molecule has 0 bridgehead atoms. The zero-order chi connectivity index (χ0) is 24.1. The lowest BCUT2D eigenvalue weighted by molar-refractivity contribution is -0.143. The maximum absolute atomic E-state index is 12.5. The molecule has 1 heterocycles. The molecule has 9 heteroatoms. The van der Waals surface area contributed by atoms with Crippen LogP contribution in [0.5, 0.6) is 5.75 Å². The quantitative estimate of drug-likeness (QED) is 0.472. The first-order chi connectivity index (χ1) is 16.4. The zero-order valence-electron chi connectivity index (χ0n) is 18.6. The Morgan fingerprint density at radius 1 is 1.00 bits per heavy atom. The number of fused-ring (bicyclic) bond motifs is 1. The molecule has 180 valence electrons. The monoisotopic (exact) mass is 502 g/mol. The van der Waals surface area contributed by atoms with E-state index in [9.17, 15) is 14.4 Å². The van der Waals surface area contributed by atoms with Crippen LogP contribution in [0.3, 0.4) is 0 Å². The van der Waals surface area contributed by atoms with Crippen LogP contribution in [0.15, 0.2) is 47.4 Å². The van der Waals surface area contributed by atoms with Gasteiger partial charge >= 0.3 is 5.97 Å². The summed E-state index contributed by atoms with van der Waals surface area (Å²) in [6.07, 6.45) is 3.32. The van der Waals surface area contributed by atoms with Crippen LogP contribution in [0.1, 0.15) is 41.6 Å². The molecule has 0 spiro atoms. The van der Waals surface area contributed by atoms with Gasteiger partial charge in [-0.1, -0.05) is 23.7 Å². The van der Waals surface area contributed by atoms with Crippen molar-refractivity contribution in [2.45, 2.75) is 48.4 Å². The molecule has 1 atom stereocenters. The molecule has 1 unspecified atom stereocenters. The summed E-state index contributed by atoms with van der Waals surface area (Å²) in [4.78, 5) is 36.9. The summed E-state index contributed by atoms with van der Waals surface area (Å²) in [5.74, 6) is -0.635. The number of rotatable bonds is 8. The van der Waals surface area contributed by atoms with Crippen molar-refractivity contribution in [2.24, 2.45) is 5.92 Å². The number of ether oxygens (including phenoxy) is 1. The Kier molecular flexibility index (Phi) is 8.00. The molecule has 0 radical (unpaired) electrons. The van der Waals surface area contributed by atoms with E-state index in [-0.39, 0.29) is 29.1 Å². The smallest absolute Gasteiger partial charge is 0.306 e. The standard InChI is InChI=1S/C25H27ClN2O5S/c26-20-3-1-2-17-14-21(34-22(17)20)24(30)28-13-12-27-23(29)15-4-8-18(9-5-15)33-19-10-6-16(7-11-19)25(31)32/h1-5,8-9,16,19,21H,6-7,10-14H2,(H,27,29)(H,28,30)(H,31,32). The van der Waals surface area contributed by atoms with Gasteiger partial charge in [-0.25, -0.2) is 0 Å². The number of carbonyl (C=O) groups excluding carboxylic acids is 2. The minimum absolute atomic E-state index is 0.000682. The number of carbonyl (C=O) groups is 3. The van der Waals surface area contributed by atoms with Gasteiger partial charge in [-0.05, 0) is 68.0 Å². The van der Waals surface area contributed by atoms with Crippen molar-refractivity contribution >= 4 is 41.1 Å². The third-order valence-electron chi connectivity index (χ3n) is 6.16. The number of thioether (sulfide) groups is 1. The molecular weight excluding hydrogens is 476 g/mol. The summed E-state index contributed by atoms with van der Waals surface area (Å²) in [5, 5.41) is 15.2. The van der Waals surface area contributed by atoms with Gasteiger partial charge in [0.25, 0.3) is 5.91 Å². The number of halogens is 1. The maximum Gasteiger partial charge on any atom is 0.306 e. The first-order valence-corrected chi connectivity index (χ1v) is 12.7. The SMILES string of the molecule is O=C(NCCNC(=O)C1Cc2cccc(Cl)c2S1)c1ccc(OC2CCC(C(=O)O)CC2)cc1. The number of aliphatic carboxylic acids is 1. The van der Waals surface area contributed by atoms with Crippen LogP contribution in [0, 0.1) is 5.92 Å². The van der Waals surface area contributed by atoms with Crippen molar-refractivity contribution in [2.75, 3.05) is 13.1 Å². The van der Waals surface area contributed by atoms with E-state index in [1.54, 1.807) is 24.3 Å². The minimum Gasteiger partial charge on any atom is -0.490 e. The largest absolute Gasteiger partial charge is 0.490 e. The van der Waals surface area contributed by atoms with Crippen LogP contribution >= 0.6 is 23.4 Å². The molecule has 34 heavy (non-hydrogen) atoms. The highest BCUT2D eigenvalue weighted by Gasteiger charge is 2.29. The molecule has 1 fully saturated rings. The Bertz CT molecular complexity index is 1050. The summed E-state index contributed by atoms with van der Waals surface area (Å²) in [7, 11) is 0. The number of benzene rings is 2. The Hall–Kier alpha value is -2.71. The Labute approximate surface area is 207 Å². The van der Waals surface area contributed by atoms with Crippen molar-refractivity contribution in [3.8, 4) is 5.75 Å². The molecular formula is C25H27ClN2O5S. The van der Waals surface area contributed by atoms with Crippen LogP contribution in [0.25, 0.3) is 0 Å². The van der Waals surface area contributed by atoms with Crippen molar-refractivity contribution in [3.05, 3.63) is 58.6 Å². The molecule has 0 saturated heterocycles. The normalized spacial score (nSPS) is 21.4. The Balaban J connectivity index is 1.16. The average molecular weight is 503 g/mol. The number of nitrogens with one attached hydrogen (secondary N) is 2. The summed E-state index contributed by atoms with van der Waals surface area (Å²) in [6, 6.07) is 12.6. The number of carboxylic acid groups (broad SMARTS) is 1. The van der Waals surface area contributed by atoms with Gasteiger partial charge in [-0.2, -0.15) is 0 Å². The number of hydrogen-bond acceptors (Lipinski definition) is 5. The third-order valence-corrected chi connectivity index (χ3v) is 7.97. The Morgan fingerprint density at radius 3 is 2.38 bits per heavy atom. The van der Waals surface area contributed by atoms with Crippen molar-refractivity contribution < 1.29 is 24.2 Å².